The average molecular weight is 239 g/mol. The van der Waals surface area contributed by atoms with Crippen LogP contribution in [0.2, 0.25) is 0 Å². The molecule has 2 heterocycles. The molecule has 1 fully saturated rings. The zero-order valence-electron chi connectivity index (χ0n) is 10.1. The van der Waals surface area contributed by atoms with E-state index in [1.165, 1.54) is 23.5 Å². The van der Waals surface area contributed by atoms with E-state index >= 15 is 0 Å². The number of aryl methyl sites for hydroxylation is 1. The van der Waals surface area contributed by atoms with Gasteiger partial charge in [0.25, 0.3) is 0 Å². The van der Waals surface area contributed by atoms with Crippen LogP contribution in [0.25, 0.3) is 0 Å². The fourth-order valence-corrected chi connectivity index (χ4v) is 3.68. The molecule has 2 unspecified atom stereocenters. The van der Waals surface area contributed by atoms with Crippen LogP contribution >= 0.6 is 11.8 Å². The first-order valence-electron chi connectivity index (χ1n) is 6.12. The number of nitrogens with zero attached hydrogens (tertiary/aromatic N) is 2. The molecule has 2 rings (SSSR count). The molecule has 0 amide bonds. The maximum atomic E-state index is 4.42. The molecule has 3 nitrogen and oxygen atoms in total. The summed E-state index contributed by atoms with van der Waals surface area (Å²) in [4.78, 5) is 0. The Morgan fingerprint density at radius 2 is 2.56 bits per heavy atom. The molecule has 1 aliphatic heterocycles. The molecule has 0 bridgehead atoms. The zero-order valence-corrected chi connectivity index (χ0v) is 11.0. The van der Waals surface area contributed by atoms with Crippen molar-refractivity contribution in [3.05, 3.63) is 18.0 Å². The van der Waals surface area contributed by atoms with Crippen LogP contribution in [0.1, 0.15) is 31.4 Å². The first-order valence-corrected chi connectivity index (χ1v) is 7.28. The van der Waals surface area contributed by atoms with Gasteiger partial charge in [-0.15, -0.1) is 0 Å². The van der Waals surface area contributed by atoms with Gasteiger partial charge in [0.05, 0.1) is 6.20 Å². The molecule has 0 aliphatic carbocycles. The van der Waals surface area contributed by atoms with E-state index in [4.69, 9.17) is 0 Å². The molecule has 90 valence electrons. The lowest BCUT2D eigenvalue weighted by molar-refractivity contribution is 0.419. The Morgan fingerprint density at radius 3 is 3.19 bits per heavy atom. The lowest BCUT2D eigenvalue weighted by Gasteiger charge is -2.20. The van der Waals surface area contributed by atoms with Crippen LogP contribution in [-0.2, 0) is 6.54 Å². The standard InChI is InChI=1S/C12H21N3S/c1-3-5-15-8-11(7-14-15)12(13-2)10-4-6-16-9-10/h7-8,10,12-13H,3-6,9H2,1-2H3. The summed E-state index contributed by atoms with van der Waals surface area (Å²) in [6, 6.07) is 0.487. The Labute approximate surface area is 102 Å². The molecule has 1 N–H and O–H groups in total. The second-order valence-electron chi connectivity index (χ2n) is 4.43. The second kappa shape index (κ2) is 5.73. The summed E-state index contributed by atoms with van der Waals surface area (Å²) in [7, 11) is 2.06. The molecule has 0 radical (unpaired) electrons. The highest BCUT2D eigenvalue weighted by molar-refractivity contribution is 7.99. The van der Waals surface area contributed by atoms with Gasteiger partial charge < -0.3 is 5.32 Å². The van der Waals surface area contributed by atoms with Gasteiger partial charge in [-0.1, -0.05) is 6.92 Å². The maximum absolute atomic E-state index is 4.42. The van der Waals surface area contributed by atoms with E-state index < -0.39 is 0 Å². The largest absolute Gasteiger partial charge is 0.313 e. The predicted molar refractivity (Wildman–Crippen MR) is 69.8 cm³/mol. The van der Waals surface area contributed by atoms with Gasteiger partial charge in [-0.2, -0.15) is 16.9 Å². The average Bonchev–Trinajstić information content (AvgIpc) is 2.92. The summed E-state index contributed by atoms with van der Waals surface area (Å²) < 4.78 is 2.06. The van der Waals surface area contributed by atoms with Crippen LogP contribution in [0.5, 0.6) is 0 Å². The maximum Gasteiger partial charge on any atom is 0.0537 e. The van der Waals surface area contributed by atoms with Crippen molar-refractivity contribution in [2.24, 2.45) is 5.92 Å². The van der Waals surface area contributed by atoms with Crippen molar-refractivity contribution in [2.45, 2.75) is 32.4 Å². The van der Waals surface area contributed by atoms with E-state index in [9.17, 15) is 0 Å². The topological polar surface area (TPSA) is 29.9 Å². The predicted octanol–water partition coefficient (Wildman–Crippen LogP) is 2.31. The van der Waals surface area contributed by atoms with Gasteiger partial charge in [0.15, 0.2) is 0 Å². The zero-order chi connectivity index (χ0) is 11.4. The van der Waals surface area contributed by atoms with Gasteiger partial charge >= 0.3 is 0 Å². The smallest absolute Gasteiger partial charge is 0.0537 e. The molecule has 1 aromatic heterocycles. The monoisotopic (exact) mass is 239 g/mol. The van der Waals surface area contributed by atoms with Crippen molar-refractivity contribution in [1.29, 1.82) is 0 Å². The number of nitrogens with one attached hydrogen (secondary N) is 1. The van der Waals surface area contributed by atoms with Crippen LogP contribution in [0.3, 0.4) is 0 Å². The summed E-state index contributed by atoms with van der Waals surface area (Å²) in [6.45, 7) is 3.21. The summed E-state index contributed by atoms with van der Waals surface area (Å²) in [6.07, 6.45) is 6.70. The fourth-order valence-electron chi connectivity index (χ4n) is 2.38. The van der Waals surface area contributed by atoms with Crippen molar-refractivity contribution in [2.75, 3.05) is 18.6 Å². The number of rotatable bonds is 5. The van der Waals surface area contributed by atoms with E-state index in [1.54, 1.807) is 0 Å². The van der Waals surface area contributed by atoms with E-state index in [0.717, 1.165) is 18.9 Å². The Morgan fingerprint density at radius 1 is 1.69 bits per heavy atom. The van der Waals surface area contributed by atoms with Crippen LogP contribution in [0.15, 0.2) is 12.4 Å². The third-order valence-corrected chi connectivity index (χ3v) is 4.40. The lowest BCUT2D eigenvalue weighted by atomic mass is 9.95. The van der Waals surface area contributed by atoms with Gasteiger partial charge in [0.1, 0.15) is 0 Å². The third kappa shape index (κ3) is 2.61. The van der Waals surface area contributed by atoms with Crippen LogP contribution in [0, 0.1) is 5.92 Å². The minimum absolute atomic E-state index is 0.487. The quantitative estimate of drug-likeness (QED) is 0.855. The summed E-state index contributed by atoms with van der Waals surface area (Å²) in [5, 5.41) is 7.87. The molecule has 4 heteroatoms. The number of hydrogen-bond donors (Lipinski definition) is 1. The second-order valence-corrected chi connectivity index (χ2v) is 5.58. The van der Waals surface area contributed by atoms with E-state index in [1.807, 2.05) is 6.20 Å². The van der Waals surface area contributed by atoms with Crippen molar-refractivity contribution < 1.29 is 0 Å². The Balaban J connectivity index is 2.06. The summed E-state index contributed by atoms with van der Waals surface area (Å²) in [5.41, 5.74) is 1.35. The molecule has 1 aromatic rings. The van der Waals surface area contributed by atoms with Crippen LogP contribution in [0.4, 0.5) is 0 Å². The molecule has 0 spiro atoms. The van der Waals surface area contributed by atoms with E-state index in [0.29, 0.717) is 6.04 Å². The molecular formula is C12H21N3S. The van der Waals surface area contributed by atoms with Gasteiger partial charge in [-0.05, 0) is 37.3 Å². The van der Waals surface area contributed by atoms with Gasteiger partial charge in [-0.3, -0.25) is 4.68 Å². The minimum atomic E-state index is 0.487. The number of thioether (sulfide) groups is 1. The normalized spacial score (nSPS) is 22.5. The lowest BCUT2D eigenvalue weighted by Crippen LogP contribution is -2.24. The SMILES string of the molecule is CCCn1cc(C(NC)C2CCSC2)cn1. The van der Waals surface area contributed by atoms with E-state index in [2.05, 4.69) is 47.0 Å². The fraction of sp³-hybridized carbons (Fsp3) is 0.750. The van der Waals surface area contributed by atoms with Crippen molar-refractivity contribution in [3.8, 4) is 0 Å². The molecule has 0 saturated carbocycles. The summed E-state index contributed by atoms with van der Waals surface area (Å²) >= 11 is 2.07. The highest BCUT2D eigenvalue weighted by atomic mass is 32.2. The molecule has 1 aliphatic rings. The highest BCUT2D eigenvalue weighted by Gasteiger charge is 2.26. The molecule has 1 saturated heterocycles. The minimum Gasteiger partial charge on any atom is -0.313 e. The summed E-state index contributed by atoms with van der Waals surface area (Å²) in [5.74, 6) is 3.37. The van der Waals surface area contributed by atoms with Gasteiger partial charge in [-0.25, -0.2) is 0 Å². The number of aromatic nitrogens is 2. The van der Waals surface area contributed by atoms with Crippen LogP contribution in [-0.4, -0.2) is 28.3 Å². The number of hydrogen-bond acceptors (Lipinski definition) is 3. The van der Waals surface area contributed by atoms with Crippen LogP contribution < -0.4 is 5.32 Å². The Hall–Kier alpha value is -0.480. The molecule has 2 atom stereocenters. The third-order valence-electron chi connectivity index (χ3n) is 3.21. The van der Waals surface area contributed by atoms with Crippen molar-refractivity contribution in [1.82, 2.24) is 15.1 Å². The van der Waals surface area contributed by atoms with Gasteiger partial charge in [0.2, 0.25) is 0 Å². The molecule has 0 aromatic carbocycles. The van der Waals surface area contributed by atoms with Crippen molar-refractivity contribution >= 4 is 11.8 Å². The Kier molecular flexibility index (Phi) is 4.29. The molecular weight excluding hydrogens is 218 g/mol. The first kappa shape index (κ1) is 12.0. The van der Waals surface area contributed by atoms with Gasteiger partial charge in [0, 0.05) is 24.3 Å². The first-order chi connectivity index (χ1) is 7.85. The van der Waals surface area contributed by atoms with E-state index in [-0.39, 0.29) is 0 Å². The molecule has 16 heavy (non-hydrogen) atoms. The van der Waals surface area contributed by atoms with Crippen molar-refractivity contribution in [3.63, 3.8) is 0 Å². The Bertz CT molecular complexity index is 318. The highest BCUT2D eigenvalue weighted by Crippen LogP contribution is 2.33.